The lowest BCUT2D eigenvalue weighted by molar-refractivity contribution is -0.116. The minimum absolute atomic E-state index is 0.250. The predicted molar refractivity (Wildman–Crippen MR) is 136 cm³/mol. The Morgan fingerprint density at radius 1 is 1.09 bits per heavy atom. The topological polar surface area (TPSA) is 75.7 Å². The number of hydrogen-bond acceptors (Lipinski definition) is 5. The maximum Gasteiger partial charge on any atom is 0.247 e. The number of thioether (sulfide) groups is 1. The van der Waals surface area contributed by atoms with Crippen LogP contribution in [-0.4, -0.2) is 33.7 Å². The first kappa shape index (κ1) is 25.0. The van der Waals surface area contributed by atoms with Gasteiger partial charge in [0.05, 0.1) is 24.1 Å². The van der Waals surface area contributed by atoms with Crippen LogP contribution in [0.15, 0.2) is 77.7 Å². The predicted octanol–water partition coefficient (Wildman–Crippen LogP) is 5.43. The maximum atomic E-state index is 12.9. The molecule has 174 valence electrons. The smallest absolute Gasteiger partial charge is 0.247 e. The molecule has 1 atom stereocenters. The molecule has 33 heavy (non-hydrogen) atoms. The van der Waals surface area contributed by atoms with E-state index in [1.54, 1.807) is 36.0 Å². The van der Waals surface area contributed by atoms with Gasteiger partial charge in [0.15, 0.2) is 0 Å². The lowest BCUT2D eigenvalue weighted by Crippen LogP contribution is -2.45. The highest BCUT2D eigenvalue weighted by molar-refractivity contribution is 7.98. The van der Waals surface area contributed by atoms with Gasteiger partial charge in [-0.1, -0.05) is 41.9 Å². The number of nitrogens with one attached hydrogen (secondary N) is 1. The largest absolute Gasteiger partial charge is 0.495 e. The van der Waals surface area contributed by atoms with Crippen molar-refractivity contribution in [1.82, 2.24) is 0 Å². The molecule has 0 unspecified atom stereocenters. The average molecular weight is 505 g/mol. The molecule has 1 N–H and O–H groups in total. The van der Waals surface area contributed by atoms with Crippen molar-refractivity contribution in [2.75, 3.05) is 23.0 Å². The summed E-state index contributed by atoms with van der Waals surface area (Å²) in [5, 5.41) is 3.04. The number of sulfonamides is 1. The van der Waals surface area contributed by atoms with Crippen molar-refractivity contribution in [3.8, 4) is 5.75 Å². The van der Waals surface area contributed by atoms with Crippen LogP contribution in [0.1, 0.15) is 12.5 Å². The number of benzene rings is 3. The Morgan fingerprint density at radius 2 is 1.76 bits per heavy atom. The van der Waals surface area contributed by atoms with E-state index in [1.807, 2.05) is 30.3 Å². The lowest BCUT2D eigenvalue weighted by atomic mass is 10.2. The number of rotatable bonds is 9. The molecule has 0 aromatic heterocycles. The Labute approximate surface area is 204 Å². The maximum absolute atomic E-state index is 12.9. The number of ether oxygens (including phenoxy) is 1. The van der Waals surface area contributed by atoms with E-state index >= 15 is 0 Å². The van der Waals surface area contributed by atoms with E-state index in [1.165, 1.54) is 25.0 Å². The van der Waals surface area contributed by atoms with Crippen molar-refractivity contribution < 1.29 is 17.9 Å². The number of methoxy groups -OCH3 is 1. The van der Waals surface area contributed by atoms with Crippen molar-refractivity contribution in [2.45, 2.75) is 23.6 Å². The fourth-order valence-corrected chi connectivity index (χ4v) is 5.51. The minimum Gasteiger partial charge on any atom is -0.495 e. The van der Waals surface area contributed by atoms with E-state index in [9.17, 15) is 13.2 Å². The van der Waals surface area contributed by atoms with Crippen LogP contribution in [-0.2, 0) is 20.6 Å². The van der Waals surface area contributed by atoms with Gasteiger partial charge in [-0.15, -0.1) is 11.8 Å². The molecule has 1 amide bonds. The van der Waals surface area contributed by atoms with Gasteiger partial charge in [-0.2, -0.15) is 0 Å². The number of nitrogens with zero attached hydrogens (tertiary/aromatic N) is 1. The van der Waals surface area contributed by atoms with E-state index in [0.717, 1.165) is 21.9 Å². The van der Waals surface area contributed by atoms with E-state index in [0.29, 0.717) is 11.4 Å². The van der Waals surface area contributed by atoms with E-state index in [4.69, 9.17) is 16.3 Å². The molecule has 0 saturated heterocycles. The zero-order chi connectivity index (χ0) is 24.0. The Balaban J connectivity index is 1.70. The molecule has 0 saturated carbocycles. The fraction of sp³-hybridized carbons (Fsp3) is 0.208. The molecule has 3 rings (SSSR count). The molecular formula is C24H25ClN2O4S2. The summed E-state index contributed by atoms with van der Waals surface area (Å²) < 4.78 is 31.2. The van der Waals surface area contributed by atoms with Crippen LogP contribution in [0.3, 0.4) is 0 Å². The summed E-state index contributed by atoms with van der Waals surface area (Å²) in [6, 6.07) is 21.2. The van der Waals surface area contributed by atoms with Gasteiger partial charge in [0.2, 0.25) is 15.9 Å². The normalized spacial score (nSPS) is 12.1. The Kier molecular flexibility index (Phi) is 8.29. The zero-order valence-corrected chi connectivity index (χ0v) is 20.9. The number of anilines is 2. The first-order valence-electron chi connectivity index (χ1n) is 10.1. The summed E-state index contributed by atoms with van der Waals surface area (Å²) in [6.45, 7) is 1.53. The highest BCUT2D eigenvalue weighted by Crippen LogP contribution is 2.31. The van der Waals surface area contributed by atoms with Gasteiger partial charge in [0, 0.05) is 16.3 Å². The Hall–Kier alpha value is -2.68. The molecule has 0 fully saturated rings. The minimum atomic E-state index is -3.76. The van der Waals surface area contributed by atoms with Crippen molar-refractivity contribution in [3.63, 3.8) is 0 Å². The standard InChI is InChI=1S/C24H25ClN2O4S2/c1-17(27(33(3,29)30)20-13-14-23(31-2)22(25)15-20)24(28)26-19-11-9-18(10-12-19)16-32-21-7-5-4-6-8-21/h4-15,17H,16H2,1-3H3,(H,26,28)/t17-/m0/s1. The summed E-state index contributed by atoms with van der Waals surface area (Å²) in [5.74, 6) is 0.754. The third kappa shape index (κ3) is 6.66. The van der Waals surface area contributed by atoms with Crippen LogP contribution in [0.25, 0.3) is 0 Å². The number of carbonyl (C=O) groups excluding carboxylic acids is 1. The third-order valence-electron chi connectivity index (χ3n) is 4.85. The number of hydrogen-bond donors (Lipinski definition) is 1. The summed E-state index contributed by atoms with van der Waals surface area (Å²) in [7, 11) is -2.29. The molecule has 0 aliphatic rings. The molecule has 0 radical (unpaired) electrons. The Morgan fingerprint density at radius 3 is 2.33 bits per heavy atom. The molecule has 0 aliphatic carbocycles. The highest BCUT2D eigenvalue weighted by Gasteiger charge is 2.29. The van der Waals surface area contributed by atoms with Crippen LogP contribution < -0.4 is 14.4 Å². The third-order valence-corrected chi connectivity index (χ3v) is 7.47. The second-order valence-electron chi connectivity index (χ2n) is 7.34. The molecule has 0 spiro atoms. The van der Waals surface area contributed by atoms with E-state index in [-0.39, 0.29) is 10.7 Å². The first-order chi connectivity index (χ1) is 15.7. The quantitative estimate of drug-likeness (QED) is 0.393. The molecule has 0 heterocycles. The zero-order valence-electron chi connectivity index (χ0n) is 18.5. The fourth-order valence-electron chi connectivity index (χ4n) is 3.22. The van der Waals surface area contributed by atoms with Gasteiger partial charge in [0.25, 0.3) is 0 Å². The van der Waals surface area contributed by atoms with Crippen molar-refractivity contribution in [2.24, 2.45) is 0 Å². The van der Waals surface area contributed by atoms with Crippen molar-refractivity contribution in [3.05, 3.63) is 83.4 Å². The van der Waals surface area contributed by atoms with Crippen molar-refractivity contribution in [1.29, 1.82) is 0 Å². The number of carbonyl (C=O) groups is 1. The monoisotopic (exact) mass is 504 g/mol. The molecule has 3 aromatic rings. The summed E-state index contributed by atoms with van der Waals surface area (Å²) in [6.07, 6.45) is 1.05. The van der Waals surface area contributed by atoms with Crippen molar-refractivity contribution >= 4 is 50.7 Å². The van der Waals surface area contributed by atoms with Gasteiger partial charge >= 0.3 is 0 Å². The molecular weight excluding hydrogens is 480 g/mol. The van der Waals surface area contributed by atoms with Gasteiger partial charge in [-0.05, 0) is 55.0 Å². The van der Waals surface area contributed by atoms with Crippen LogP contribution >= 0.6 is 23.4 Å². The van der Waals surface area contributed by atoms with E-state index in [2.05, 4.69) is 17.4 Å². The lowest BCUT2D eigenvalue weighted by Gasteiger charge is -2.28. The SMILES string of the molecule is COc1ccc(N([C@@H](C)C(=O)Nc2ccc(CSc3ccccc3)cc2)S(C)(=O)=O)cc1Cl. The van der Waals surface area contributed by atoms with Gasteiger partial charge in [-0.25, -0.2) is 8.42 Å². The van der Waals surface area contributed by atoms with Gasteiger partial charge < -0.3 is 10.1 Å². The summed E-state index contributed by atoms with van der Waals surface area (Å²) in [4.78, 5) is 14.1. The summed E-state index contributed by atoms with van der Waals surface area (Å²) in [5.41, 5.74) is 1.97. The second-order valence-corrected chi connectivity index (χ2v) is 10.7. The van der Waals surface area contributed by atoms with Crippen LogP contribution in [0.5, 0.6) is 5.75 Å². The first-order valence-corrected chi connectivity index (χ1v) is 13.3. The van der Waals surface area contributed by atoms with Crippen LogP contribution in [0, 0.1) is 0 Å². The molecule has 9 heteroatoms. The Bertz CT molecular complexity index is 1200. The molecule has 0 aliphatic heterocycles. The van der Waals surface area contributed by atoms with E-state index < -0.39 is 22.0 Å². The summed E-state index contributed by atoms with van der Waals surface area (Å²) >= 11 is 7.89. The number of halogens is 1. The number of amides is 1. The average Bonchev–Trinajstić information content (AvgIpc) is 2.78. The van der Waals surface area contributed by atoms with Gasteiger partial charge in [-0.3, -0.25) is 9.10 Å². The highest BCUT2D eigenvalue weighted by atomic mass is 35.5. The van der Waals surface area contributed by atoms with Crippen LogP contribution in [0.4, 0.5) is 11.4 Å². The van der Waals surface area contributed by atoms with Gasteiger partial charge in [0.1, 0.15) is 11.8 Å². The molecule has 0 bridgehead atoms. The van der Waals surface area contributed by atoms with Crippen LogP contribution in [0.2, 0.25) is 5.02 Å². The molecule has 6 nitrogen and oxygen atoms in total. The second kappa shape index (κ2) is 11.0. The molecule has 3 aromatic carbocycles.